The summed E-state index contributed by atoms with van der Waals surface area (Å²) in [5.41, 5.74) is 5.72. The first-order chi connectivity index (χ1) is 9.01. The minimum absolute atomic E-state index is 0.0907. The predicted octanol–water partition coefficient (Wildman–Crippen LogP) is 0.444. The van der Waals surface area contributed by atoms with Crippen LogP contribution in [0.4, 0.5) is 0 Å². The molecule has 5 heteroatoms. The van der Waals surface area contributed by atoms with E-state index in [1.54, 1.807) is 0 Å². The summed E-state index contributed by atoms with van der Waals surface area (Å²) in [5, 5.41) is 2.96. The van der Waals surface area contributed by atoms with Gasteiger partial charge in [-0.3, -0.25) is 4.79 Å². The van der Waals surface area contributed by atoms with Gasteiger partial charge in [0.15, 0.2) is 0 Å². The van der Waals surface area contributed by atoms with Gasteiger partial charge in [-0.05, 0) is 31.8 Å². The van der Waals surface area contributed by atoms with Crippen molar-refractivity contribution in [2.45, 2.75) is 32.8 Å². The van der Waals surface area contributed by atoms with E-state index >= 15 is 0 Å². The molecule has 1 rings (SSSR count). The summed E-state index contributed by atoms with van der Waals surface area (Å²) in [4.78, 5) is 14.1. The van der Waals surface area contributed by atoms with E-state index in [-0.39, 0.29) is 17.9 Å². The molecule has 1 fully saturated rings. The molecule has 19 heavy (non-hydrogen) atoms. The van der Waals surface area contributed by atoms with E-state index in [0.717, 1.165) is 26.1 Å². The summed E-state index contributed by atoms with van der Waals surface area (Å²) < 4.78 is 5.61. The molecule has 0 aromatic heterocycles. The summed E-state index contributed by atoms with van der Waals surface area (Å²) in [7, 11) is 2.07. The van der Waals surface area contributed by atoms with Crippen molar-refractivity contribution in [3.05, 3.63) is 0 Å². The van der Waals surface area contributed by atoms with E-state index in [1.165, 1.54) is 0 Å². The summed E-state index contributed by atoms with van der Waals surface area (Å²) in [6.45, 7) is 8.09. The Hall–Kier alpha value is -0.650. The van der Waals surface area contributed by atoms with Gasteiger partial charge in [-0.15, -0.1) is 0 Å². The van der Waals surface area contributed by atoms with Crippen molar-refractivity contribution in [2.24, 2.45) is 17.6 Å². The Balaban J connectivity index is 2.22. The van der Waals surface area contributed by atoms with Crippen LogP contribution >= 0.6 is 0 Å². The number of nitrogens with one attached hydrogen (secondary N) is 1. The molecule has 5 nitrogen and oxygen atoms in total. The van der Waals surface area contributed by atoms with E-state index in [4.69, 9.17) is 10.5 Å². The standard InChI is InChI=1S/C14H29N3O2/c1-11(2)6-12(8-15)7-14(18)16-9-13-10-17(3)4-5-19-13/h11-13H,4-10,15H2,1-3H3,(H,16,18)/t12-,13?/m0/s1. The van der Waals surface area contributed by atoms with Crippen LogP contribution in [0.2, 0.25) is 0 Å². The van der Waals surface area contributed by atoms with Crippen LogP contribution in [-0.2, 0) is 9.53 Å². The van der Waals surface area contributed by atoms with E-state index in [1.807, 2.05) is 0 Å². The maximum atomic E-state index is 11.9. The predicted molar refractivity (Wildman–Crippen MR) is 76.9 cm³/mol. The number of ether oxygens (including phenoxy) is 1. The fraction of sp³-hybridized carbons (Fsp3) is 0.929. The van der Waals surface area contributed by atoms with Crippen LogP contribution in [0.3, 0.4) is 0 Å². The van der Waals surface area contributed by atoms with Crippen molar-refractivity contribution >= 4 is 5.91 Å². The molecule has 1 saturated heterocycles. The zero-order valence-electron chi connectivity index (χ0n) is 12.5. The summed E-state index contributed by atoms with van der Waals surface area (Å²) in [6.07, 6.45) is 1.65. The van der Waals surface area contributed by atoms with Gasteiger partial charge in [-0.1, -0.05) is 13.8 Å². The Bertz CT molecular complexity index is 271. The average molecular weight is 271 g/mol. The van der Waals surface area contributed by atoms with Crippen molar-refractivity contribution in [1.29, 1.82) is 0 Å². The van der Waals surface area contributed by atoms with Gasteiger partial charge in [-0.25, -0.2) is 0 Å². The third-order valence-corrected chi connectivity index (χ3v) is 3.48. The lowest BCUT2D eigenvalue weighted by molar-refractivity contribution is -0.123. The molecule has 1 aliphatic heterocycles. The summed E-state index contributed by atoms with van der Waals surface area (Å²) >= 11 is 0. The molecule has 1 aliphatic rings. The van der Waals surface area contributed by atoms with Gasteiger partial charge in [0.05, 0.1) is 12.7 Å². The molecule has 3 N–H and O–H groups in total. The second-order valence-electron chi connectivity index (χ2n) is 5.99. The van der Waals surface area contributed by atoms with Crippen molar-refractivity contribution < 1.29 is 9.53 Å². The summed E-state index contributed by atoms with van der Waals surface area (Å²) in [6, 6.07) is 0. The SMILES string of the molecule is CC(C)C[C@H](CN)CC(=O)NCC1CN(C)CCO1. The third-order valence-electron chi connectivity index (χ3n) is 3.48. The molecule has 1 unspecified atom stereocenters. The topological polar surface area (TPSA) is 67.6 Å². The highest BCUT2D eigenvalue weighted by Crippen LogP contribution is 2.14. The molecule has 1 amide bonds. The molecule has 0 bridgehead atoms. The quantitative estimate of drug-likeness (QED) is 0.705. The minimum Gasteiger partial charge on any atom is -0.374 e. The summed E-state index contributed by atoms with van der Waals surface area (Å²) in [5.74, 6) is 0.958. The number of nitrogens with zero attached hydrogens (tertiary/aromatic N) is 1. The first-order valence-corrected chi connectivity index (χ1v) is 7.28. The van der Waals surface area contributed by atoms with Crippen LogP contribution < -0.4 is 11.1 Å². The number of likely N-dealkylation sites (N-methyl/N-ethyl adjacent to an activating group) is 1. The van der Waals surface area contributed by atoms with Gasteiger partial charge in [0.2, 0.25) is 5.91 Å². The van der Waals surface area contributed by atoms with Crippen LogP contribution in [-0.4, -0.2) is 56.7 Å². The molecule has 0 radical (unpaired) electrons. The number of carbonyl (C=O) groups excluding carboxylic acids is 1. The molecular formula is C14H29N3O2. The van der Waals surface area contributed by atoms with Crippen LogP contribution in [0.1, 0.15) is 26.7 Å². The van der Waals surface area contributed by atoms with Crippen molar-refractivity contribution in [1.82, 2.24) is 10.2 Å². The van der Waals surface area contributed by atoms with Gasteiger partial charge >= 0.3 is 0 Å². The van der Waals surface area contributed by atoms with E-state index in [2.05, 4.69) is 31.1 Å². The number of rotatable bonds is 7. The fourth-order valence-electron chi connectivity index (χ4n) is 2.48. The fourth-order valence-corrected chi connectivity index (χ4v) is 2.48. The lowest BCUT2D eigenvalue weighted by Gasteiger charge is -2.30. The van der Waals surface area contributed by atoms with Crippen molar-refractivity contribution in [3.63, 3.8) is 0 Å². The molecule has 0 spiro atoms. The highest BCUT2D eigenvalue weighted by Gasteiger charge is 2.19. The molecule has 0 aromatic rings. The number of amides is 1. The highest BCUT2D eigenvalue weighted by atomic mass is 16.5. The monoisotopic (exact) mass is 271 g/mol. The van der Waals surface area contributed by atoms with Crippen molar-refractivity contribution in [2.75, 3.05) is 39.8 Å². The van der Waals surface area contributed by atoms with Gasteiger partial charge in [-0.2, -0.15) is 0 Å². The van der Waals surface area contributed by atoms with Crippen LogP contribution in [0.25, 0.3) is 0 Å². The normalized spacial score (nSPS) is 22.5. The molecule has 112 valence electrons. The molecule has 0 aliphatic carbocycles. The first-order valence-electron chi connectivity index (χ1n) is 7.28. The Labute approximate surface area is 116 Å². The van der Waals surface area contributed by atoms with E-state index < -0.39 is 0 Å². The van der Waals surface area contributed by atoms with Crippen LogP contribution in [0, 0.1) is 11.8 Å². The van der Waals surface area contributed by atoms with Gasteiger partial charge in [0, 0.05) is 26.1 Å². The Morgan fingerprint density at radius 3 is 2.84 bits per heavy atom. The maximum absolute atomic E-state index is 11.9. The van der Waals surface area contributed by atoms with E-state index in [0.29, 0.717) is 25.4 Å². The Kier molecular flexibility index (Phi) is 7.34. The van der Waals surface area contributed by atoms with Gasteiger partial charge in [0.1, 0.15) is 0 Å². The number of hydrogen-bond donors (Lipinski definition) is 2. The molecule has 0 saturated carbocycles. The molecular weight excluding hydrogens is 242 g/mol. The lowest BCUT2D eigenvalue weighted by Crippen LogP contribution is -2.46. The van der Waals surface area contributed by atoms with Crippen molar-refractivity contribution in [3.8, 4) is 0 Å². The number of hydrogen-bond acceptors (Lipinski definition) is 4. The molecule has 1 heterocycles. The second kappa shape index (κ2) is 8.51. The zero-order chi connectivity index (χ0) is 14.3. The minimum atomic E-state index is 0.0907. The van der Waals surface area contributed by atoms with E-state index in [9.17, 15) is 4.79 Å². The number of morpholine rings is 1. The lowest BCUT2D eigenvalue weighted by atomic mass is 9.94. The van der Waals surface area contributed by atoms with Crippen LogP contribution in [0.15, 0.2) is 0 Å². The maximum Gasteiger partial charge on any atom is 0.220 e. The highest BCUT2D eigenvalue weighted by molar-refractivity contribution is 5.76. The smallest absolute Gasteiger partial charge is 0.220 e. The second-order valence-corrected chi connectivity index (χ2v) is 5.99. The zero-order valence-corrected chi connectivity index (χ0v) is 12.5. The number of carbonyl (C=O) groups is 1. The largest absolute Gasteiger partial charge is 0.374 e. The Morgan fingerprint density at radius 2 is 2.26 bits per heavy atom. The average Bonchev–Trinajstić information content (AvgIpc) is 2.35. The Morgan fingerprint density at radius 1 is 1.53 bits per heavy atom. The van der Waals surface area contributed by atoms with Gasteiger partial charge in [0.25, 0.3) is 0 Å². The van der Waals surface area contributed by atoms with Crippen LogP contribution in [0.5, 0.6) is 0 Å². The molecule has 0 aromatic carbocycles. The molecule has 2 atom stereocenters. The first kappa shape index (κ1) is 16.4. The van der Waals surface area contributed by atoms with Gasteiger partial charge < -0.3 is 20.7 Å². The number of nitrogens with two attached hydrogens (primary N) is 1. The third kappa shape index (κ3) is 6.89.